The van der Waals surface area contributed by atoms with Gasteiger partial charge in [-0.05, 0) is 37.0 Å². The maximum Gasteiger partial charge on any atom is 0.416 e. The summed E-state index contributed by atoms with van der Waals surface area (Å²) in [6.45, 7) is 2.13. The molecule has 1 unspecified atom stereocenters. The monoisotopic (exact) mass is 389 g/mol. The standard InChI is InChI=1S/C20H18F3N3O2/c1-11-9-25-18(27)16-13(10-24-17(11)16)19(28)26-8-4-7-15(26)12-5-2-3-6-14(12)20(21,22)23/h2-3,5-6,9-10,15,24H,4,7-8H2,1H3,(H,25,27). The number of amides is 1. The predicted molar refractivity (Wildman–Crippen MR) is 98.1 cm³/mol. The number of aromatic nitrogens is 2. The van der Waals surface area contributed by atoms with Crippen molar-refractivity contribution < 1.29 is 18.0 Å². The molecule has 0 aliphatic carbocycles. The number of hydrogen-bond donors (Lipinski definition) is 2. The predicted octanol–water partition coefficient (Wildman–Crippen LogP) is 4.16. The van der Waals surface area contributed by atoms with Crippen molar-refractivity contribution in [1.29, 1.82) is 0 Å². The maximum absolute atomic E-state index is 13.5. The van der Waals surface area contributed by atoms with E-state index < -0.39 is 29.2 Å². The number of nitrogens with one attached hydrogen (secondary N) is 2. The van der Waals surface area contributed by atoms with Gasteiger partial charge in [-0.15, -0.1) is 0 Å². The van der Waals surface area contributed by atoms with E-state index in [1.807, 2.05) is 0 Å². The van der Waals surface area contributed by atoms with Gasteiger partial charge in [-0.1, -0.05) is 18.2 Å². The first kappa shape index (κ1) is 18.3. The van der Waals surface area contributed by atoms with Crippen LogP contribution in [0, 0.1) is 6.92 Å². The third-order valence-corrected chi connectivity index (χ3v) is 5.29. The number of H-pyrrole nitrogens is 2. The van der Waals surface area contributed by atoms with Crippen LogP contribution in [0.25, 0.3) is 10.9 Å². The number of aromatic amines is 2. The summed E-state index contributed by atoms with van der Waals surface area (Å²) in [5.74, 6) is -0.443. The van der Waals surface area contributed by atoms with Crippen LogP contribution in [0.15, 0.2) is 41.5 Å². The third kappa shape index (κ3) is 2.89. The summed E-state index contributed by atoms with van der Waals surface area (Å²) >= 11 is 0. The molecule has 1 aliphatic rings. The fraction of sp³-hybridized carbons (Fsp3) is 0.300. The van der Waals surface area contributed by atoms with Crippen molar-refractivity contribution in [3.05, 3.63) is 69.3 Å². The molecule has 2 aromatic heterocycles. The number of alkyl halides is 3. The summed E-state index contributed by atoms with van der Waals surface area (Å²) in [6, 6.07) is 4.67. The number of carbonyl (C=O) groups is 1. The lowest BCUT2D eigenvalue weighted by atomic mass is 9.97. The second-order valence-electron chi connectivity index (χ2n) is 6.99. The lowest BCUT2D eigenvalue weighted by molar-refractivity contribution is -0.138. The van der Waals surface area contributed by atoms with Crippen LogP contribution in [0.4, 0.5) is 13.2 Å². The van der Waals surface area contributed by atoms with E-state index in [0.717, 1.165) is 11.6 Å². The highest BCUT2D eigenvalue weighted by Crippen LogP contribution is 2.41. The van der Waals surface area contributed by atoms with E-state index in [1.54, 1.807) is 19.2 Å². The van der Waals surface area contributed by atoms with Gasteiger partial charge in [-0.3, -0.25) is 9.59 Å². The molecule has 3 heterocycles. The zero-order valence-electron chi connectivity index (χ0n) is 15.1. The second kappa shape index (κ2) is 6.54. The average Bonchev–Trinajstić information content (AvgIpc) is 3.31. The van der Waals surface area contributed by atoms with Crippen LogP contribution < -0.4 is 5.56 Å². The van der Waals surface area contributed by atoms with Gasteiger partial charge in [0, 0.05) is 18.9 Å². The van der Waals surface area contributed by atoms with Gasteiger partial charge in [0.25, 0.3) is 11.5 Å². The van der Waals surface area contributed by atoms with Crippen LogP contribution in [0.3, 0.4) is 0 Å². The number of benzene rings is 1. The minimum Gasteiger partial charge on any atom is -0.360 e. The van der Waals surface area contributed by atoms with Crippen LogP contribution in [0.5, 0.6) is 0 Å². The second-order valence-corrected chi connectivity index (χ2v) is 6.99. The molecule has 1 saturated heterocycles. The molecule has 2 N–H and O–H groups in total. The van der Waals surface area contributed by atoms with Crippen LogP contribution in [0.1, 0.15) is 45.9 Å². The SMILES string of the molecule is Cc1c[nH]c(=O)c2c(C(=O)N3CCCC3c3ccccc3C(F)(F)F)c[nH]c12. The highest BCUT2D eigenvalue weighted by Gasteiger charge is 2.39. The summed E-state index contributed by atoms with van der Waals surface area (Å²) < 4.78 is 40.4. The molecule has 146 valence electrons. The first-order chi connectivity index (χ1) is 13.3. The Morgan fingerprint density at radius 3 is 2.68 bits per heavy atom. The molecule has 1 aliphatic heterocycles. The summed E-state index contributed by atoms with van der Waals surface area (Å²) in [6.07, 6.45) is -0.451. The number of nitrogens with zero attached hydrogens (tertiary/aromatic N) is 1. The minimum atomic E-state index is -4.50. The highest BCUT2D eigenvalue weighted by atomic mass is 19.4. The van der Waals surface area contributed by atoms with Crippen LogP contribution >= 0.6 is 0 Å². The van der Waals surface area contributed by atoms with E-state index in [2.05, 4.69) is 9.97 Å². The van der Waals surface area contributed by atoms with Gasteiger partial charge in [0.05, 0.1) is 28.1 Å². The number of fused-ring (bicyclic) bond motifs is 1. The van der Waals surface area contributed by atoms with Crippen molar-refractivity contribution >= 4 is 16.8 Å². The molecule has 0 radical (unpaired) electrons. The molecule has 0 saturated carbocycles. The quantitative estimate of drug-likeness (QED) is 0.691. The lowest BCUT2D eigenvalue weighted by Gasteiger charge is -2.27. The smallest absolute Gasteiger partial charge is 0.360 e. The molecule has 3 aromatic rings. The first-order valence-electron chi connectivity index (χ1n) is 8.95. The average molecular weight is 389 g/mol. The molecular formula is C20H18F3N3O2. The number of rotatable bonds is 2. The molecule has 5 nitrogen and oxygen atoms in total. The van der Waals surface area contributed by atoms with Crippen molar-refractivity contribution in [2.24, 2.45) is 0 Å². The number of likely N-dealkylation sites (tertiary alicyclic amines) is 1. The van der Waals surface area contributed by atoms with Gasteiger partial charge in [-0.2, -0.15) is 13.2 Å². The van der Waals surface area contributed by atoms with Crippen molar-refractivity contribution in [3.8, 4) is 0 Å². The molecule has 1 atom stereocenters. The van der Waals surface area contributed by atoms with Crippen LogP contribution in [-0.4, -0.2) is 27.3 Å². The molecule has 0 spiro atoms. The van der Waals surface area contributed by atoms with Gasteiger partial charge in [0.1, 0.15) is 0 Å². The maximum atomic E-state index is 13.5. The zero-order valence-corrected chi connectivity index (χ0v) is 15.1. The first-order valence-corrected chi connectivity index (χ1v) is 8.95. The largest absolute Gasteiger partial charge is 0.416 e. The molecule has 1 fully saturated rings. The Hall–Kier alpha value is -3.03. The van der Waals surface area contributed by atoms with E-state index in [9.17, 15) is 22.8 Å². The molecule has 1 aromatic carbocycles. The van der Waals surface area contributed by atoms with Crippen LogP contribution in [0.2, 0.25) is 0 Å². The highest BCUT2D eigenvalue weighted by molar-refractivity contribution is 6.07. The number of carbonyl (C=O) groups excluding carboxylic acids is 1. The molecule has 8 heteroatoms. The van der Waals surface area contributed by atoms with Crippen molar-refractivity contribution in [3.63, 3.8) is 0 Å². The summed E-state index contributed by atoms with van der Waals surface area (Å²) in [7, 11) is 0. The Kier molecular flexibility index (Phi) is 4.28. The number of aryl methyl sites for hydroxylation is 1. The third-order valence-electron chi connectivity index (χ3n) is 5.29. The summed E-state index contributed by atoms with van der Waals surface area (Å²) in [4.78, 5) is 32.5. The van der Waals surface area contributed by atoms with Gasteiger partial charge >= 0.3 is 6.18 Å². The van der Waals surface area contributed by atoms with Gasteiger partial charge in [-0.25, -0.2) is 0 Å². The normalized spacial score (nSPS) is 17.4. The van der Waals surface area contributed by atoms with Gasteiger partial charge < -0.3 is 14.9 Å². The van der Waals surface area contributed by atoms with Crippen molar-refractivity contribution in [2.75, 3.05) is 6.54 Å². The topological polar surface area (TPSA) is 69.0 Å². The number of pyridine rings is 1. The Bertz CT molecular complexity index is 1110. The summed E-state index contributed by atoms with van der Waals surface area (Å²) in [5, 5.41) is 0.236. The van der Waals surface area contributed by atoms with E-state index in [0.29, 0.717) is 24.9 Å². The van der Waals surface area contributed by atoms with E-state index >= 15 is 0 Å². The Morgan fingerprint density at radius 2 is 1.93 bits per heavy atom. The van der Waals surface area contributed by atoms with Crippen molar-refractivity contribution in [2.45, 2.75) is 32.0 Å². The molecular weight excluding hydrogens is 371 g/mol. The Labute approximate surface area is 158 Å². The zero-order chi connectivity index (χ0) is 20.1. The Balaban J connectivity index is 1.78. The van der Waals surface area contributed by atoms with Crippen molar-refractivity contribution in [1.82, 2.24) is 14.9 Å². The fourth-order valence-electron chi connectivity index (χ4n) is 3.99. The lowest BCUT2D eigenvalue weighted by Crippen LogP contribution is -2.32. The fourth-order valence-corrected chi connectivity index (χ4v) is 3.99. The van der Waals surface area contributed by atoms with E-state index in [1.165, 1.54) is 23.2 Å². The van der Waals surface area contributed by atoms with E-state index in [4.69, 9.17) is 0 Å². The molecule has 1 amide bonds. The molecule has 28 heavy (non-hydrogen) atoms. The van der Waals surface area contributed by atoms with Gasteiger partial charge in [0.2, 0.25) is 0 Å². The van der Waals surface area contributed by atoms with Crippen LogP contribution in [-0.2, 0) is 6.18 Å². The number of halogens is 3. The molecule has 0 bridgehead atoms. The molecule has 4 rings (SSSR count). The number of hydrogen-bond acceptors (Lipinski definition) is 2. The summed E-state index contributed by atoms with van der Waals surface area (Å²) in [5.41, 5.74) is 0.457. The van der Waals surface area contributed by atoms with E-state index in [-0.39, 0.29) is 16.5 Å². The minimum absolute atomic E-state index is 0.0887. The Morgan fingerprint density at radius 1 is 1.18 bits per heavy atom. The van der Waals surface area contributed by atoms with Gasteiger partial charge in [0.15, 0.2) is 0 Å².